The summed E-state index contributed by atoms with van der Waals surface area (Å²) < 4.78 is 0. The summed E-state index contributed by atoms with van der Waals surface area (Å²) in [6.45, 7) is 6.59. The van der Waals surface area contributed by atoms with Gasteiger partial charge in [-0.25, -0.2) is 0 Å². The van der Waals surface area contributed by atoms with E-state index in [2.05, 4.69) is 43.0 Å². The van der Waals surface area contributed by atoms with Crippen molar-refractivity contribution in [1.82, 2.24) is 4.90 Å². The van der Waals surface area contributed by atoms with Crippen molar-refractivity contribution in [3.63, 3.8) is 0 Å². The van der Waals surface area contributed by atoms with Gasteiger partial charge in [0, 0.05) is 24.1 Å². The third-order valence-electron chi connectivity index (χ3n) is 6.22. The maximum atomic E-state index is 12.6. The van der Waals surface area contributed by atoms with E-state index < -0.39 is 0 Å². The average molecular weight is 351 g/mol. The summed E-state index contributed by atoms with van der Waals surface area (Å²) in [7, 11) is 0. The zero-order valence-electron chi connectivity index (χ0n) is 15.8. The zero-order chi connectivity index (χ0) is 18.6. The molecule has 1 aliphatic heterocycles. The Morgan fingerprint density at radius 1 is 0.962 bits per heavy atom. The minimum absolute atomic E-state index is 0.0193. The van der Waals surface area contributed by atoms with Gasteiger partial charge in [-0.05, 0) is 23.8 Å². The van der Waals surface area contributed by atoms with Gasteiger partial charge in [0.2, 0.25) is 0 Å². The molecule has 1 saturated heterocycles. The molecule has 0 unspecified atom stereocenters. The predicted molar refractivity (Wildman–Crippen MR) is 105 cm³/mol. The molecule has 2 atom stereocenters. The Kier molecular flexibility index (Phi) is 5.59. The van der Waals surface area contributed by atoms with Gasteiger partial charge in [0.15, 0.2) is 5.78 Å². The number of benzene rings is 2. The molecule has 3 rings (SSSR count). The molecule has 1 fully saturated rings. The molecule has 1 N–H and O–H groups in total. The van der Waals surface area contributed by atoms with Crippen molar-refractivity contribution in [1.29, 1.82) is 0 Å². The predicted octanol–water partition coefficient (Wildman–Crippen LogP) is 3.82. The molecule has 0 aromatic heterocycles. The molecule has 1 heterocycles. The Labute approximate surface area is 156 Å². The van der Waals surface area contributed by atoms with E-state index in [1.54, 1.807) is 0 Å². The maximum Gasteiger partial charge on any atom is 0.176 e. The van der Waals surface area contributed by atoms with Gasteiger partial charge in [-0.15, -0.1) is 0 Å². The topological polar surface area (TPSA) is 40.5 Å². The van der Waals surface area contributed by atoms with Gasteiger partial charge in [0.1, 0.15) is 0 Å². The molecule has 0 radical (unpaired) electrons. The van der Waals surface area contributed by atoms with Gasteiger partial charge in [-0.3, -0.25) is 9.69 Å². The monoisotopic (exact) mass is 351 g/mol. The lowest BCUT2D eigenvalue weighted by Crippen LogP contribution is -2.39. The number of hydrogen-bond acceptors (Lipinski definition) is 3. The number of carbonyl (C=O) groups is 1. The summed E-state index contributed by atoms with van der Waals surface area (Å²) in [4.78, 5) is 14.8. The molecule has 2 aromatic rings. The third-order valence-corrected chi connectivity index (χ3v) is 6.22. The molecule has 3 nitrogen and oxygen atoms in total. The van der Waals surface area contributed by atoms with E-state index in [4.69, 9.17) is 0 Å². The second-order valence-electron chi connectivity index (χ2n) is 8.20. The summed E-state index contributed by atoms with van der Waals surface area (Å²) >= 11 is 0. The molecule has 1 aliphatic rings. The minimum atomic E-state index is -0.196. The molecule has 0 bridgehead atoms. The second-order valence-corrected chi connectivity index (χ2v) is 8.20. The number of rotatable bonds is 7. The second kappa shape index (κ2) is 7.73. The number of aliphatic hydroxyl groups excluding tert-OH is 1. The Morgan fingerprint density at radius 3 is 2.15 bits per heavy atom. The van der Waals surface area contributed by atoms with Crippen molar-refractivity contribution < 1.29 is 9.90 Å². The fraction of sp³-hybridized carbons (Fsp3) is 0.435. The molecule has 0 saturated carbocycles. The quantitative estimate of drug-likeness (QED) is 0.771. The van der Waals surface area contributed by atoms with Crippen LogP contribution in [0, 0.1) is 10.8 Å². The zero-order valence-corrected chi connectivity index (χ0v) is 15.8. The lowest BCUT2D eigenvalue weighted by molar-refractivity contribution is 0.0473. The van der Waals surface area contributed by atoms with E-state index in [0.717, 1.165) is 31.5 Å². The van der Waals surface area contributed by atoms with Crippen LogP contribution in [0.15, 0.2) is 60.7 Å². The SMILES string of the molecule is C[C@]1(CO)CN(CC(=O)c2ccccc2)C[C@@]1(C)CCc1ccccc1. The molecule has 0 spiro atoms. The molecular formula is C23H29NO2. The highest BCUT2D eigenvalue weighted by atomic mass is 16.3. The van der Waals surface area contributed by atoms with Crippen molar-refractivity contribution in [2.75, 3.05) is 26.2 Å². The molecule has 3 heteroatoms. The maximum absolute atomic E-state index is 12.6. The molecule has 0 aliphatic carbocycles. The largest absolute Gasteiger partial charge is 0.396 e. The van der Waals surface area contributed by atoms with Crippen LogP contribution in [-0.4, -0.2) is 42.0 Å². The fourth-order valence-electron chi connectivity index (χ4n) is 4.14. The molecule has 0 amide bonds. The molecule has 26 heavy (non-hydrogen) atoms. The number of hydrogen-bond donors (Lipinski definition) is 1. The normalized spacial score (nSPS) is 26.1. The van der Waals surface area contributed by atoms with Crippen LogP contribution >= 0.6 is 0 Å². The summed E-state index contributed by atoms with van der Waals surface area (Å²) in [5.74, 6) is 0.151. The van der Waals surface area contributed by atoms with Crippen molar-refractivity contribution >= 4 is 5.78 Å². The number of aliphatic hydroxyl groups is 1. The number of ketones is 1. The average Bonchev–Trinajstić information content (AvgIpc) is 2.92. The first-order valence-electron chi connectivity index (χ1n) is 9.41. The lowest BCUT2D eigenvalue weighted by atomic mass is 9.66. The molecule has 2 aromatic carbocycles. The number of aryl methyl sites for hydroxylation is 1. The highest BCUT2D eigenvalue weighted by Crippen LogP contribution is 2.48. The van der Waals surface area contributed by atoms with Gasteiger partial charge in [-0.2, -0.15) is 0 Å². The smallest absolute Gasteiger partial charge is 0.176 e. The van der Waals surface area contributed by atoms with Crippen LogP contribution in [0.25, 0.3) is 0 Å². The van der Waals surface area contributed by atoms with Crippen LogP contribution in [-0.2, 0) is 6.42 Å². The summed E-state index contributed by atoms with van der Waals surface area (Å²) in [6, 6.07) is 20.0. The van der Waals surface area contributed by atoms with Gasteiger partial charge >= 0.3 is 0 Å². The Balaban J connectivity index is 1.69. The van der Waals surface area contributed by atoms with Gasteiger partial charge in [-0.1, -0.05) is 74.5 Å². The van der Waals surface area contributed by atoms with Gasteiger partial charge in [0.25, 0.3) is 0 Å². The molecule has 138 valence electrons. The van der Waals surface area contributed by atoms with E-state index in [9.17, 15) is 9.90 Å². The molecular weight excluding hydrogens is 322 g/mol. The van der Waals surface area contributed by atoms with Crippen LogP contribution < -0.4 is 0 Å². The first-order chi connectivity index (χ1) is 12.5. The number of Topliss-reactive ketones (excluding diaryl/α,β-unsaturated/α-hetero) is 1. The van der Waals surface area contributed by atoms with Crippen molar-refractivity contribution in [3.05, 3.63) is 71.8 Å². The third kappa shape index (κ3) is 3.89. The van der Waals surface area contributed by atoms with E-state index in [-0.39, 0.29) is 23.2 Å². The highest BCUT2D eigenvalue weighted by molar-refractivity contribution is 5.97. The van der Waals surface area contributed by atoms with Crippen LogP contribution in [0.3, 0.4) is 0 Å². The van der Waals surface area contributed by atoms with Crippen molar-refractivity contribution in [2.24, 2.45) is 10.8 Å². The fourth-order valence-corrected chi connectivity index (χ4v) is 4.14. The number of likely N-dealkylation sites (tertiary alicyclic amines) is 1. The first kappa shape index (κ1) is 18.8. The minimum Gasteiger partial charge on any atom is -0.396 e. The van der Waals surface area contributed by atoms with Crippen LogP contribution in [0.5, 0.6) is 0 Å². The van der Waals surface area contributed by atoms with Gasteiger partial charge in [0.05, 0.1) is 13.2 Å². The van der Waals surface area contributed by atoms with E-state index >= 15 is 0 Å². The number of nitrogens with zero attached hydrogens (tertiary/aromatic N) is 1. The van der Waals surface area contributed by atoms with Crippen LogP contribution in [0.2, 0.25) is 0 Å². The van der Waals surface area contributed by atoms with Crippen molar-refractivity contribution in [2.45, 2.75) is 26.7 Å². The summed E-state index contributed by atoms with van der Waals surface area (Å²) in [6.07, 6.45) is 2.00. The standard InChI is InChI=1S/C23H29NO2/c1-22(14-13-19-9-5-3-6-10-19)16-24(17-23(22,2)18-25)15-21(26)20-11-7-4-8-12-20/h3-12,25H,13-18H2,1-2H3/t22-,23-/m1/s1. The summed E-state index contributed by atoms with van der Waals surface area (Å²) in [5.41, 5.74) is 1.87. The van der Waals surface area contributed by atoms with Crippen LogP contribution in [0.1, 0.15) is 36.2 Å². The number of carbonyl (C=O) groups excluding carboxylic acids is 1. The lowest BCUT2D eigenvalue weighted by Gasteiger charge is -2.39. The Morgan fingerprint density at radius 2 is 1.54 bits per heavy atom. The summed E-state index contributed by atoms with van der Waals surface area (Å²) in [5, 5.41) is 10.1. The Hall–Kier alpha value is -1.97. The van der Waals surface area contributed by atoms with E-state index in [1.807, 2.05) is 36.4 Å². The Bertz CT molecular complexity index is 730. The van der Waals surface area contributed by atoms with Crippen LogP contribution in [0.4, 0.5) is 0 Å². The van der Waals surface area contributed by atoms with E-state index in [0.29, 0.717) is 6.54 Å². The highest BCUT2D eigenvalue weighted by Gasteiger charge is 2.51. The van der Waals surface area contributed by atoms with E-state index in [1.165, 1.54) is 5.56 Å². The van der Waals surface area contributed by atoms with Gasteiger partial charge < -0.3 is 5.11 Å². The first-order valence-corrected chi connectivity index (χ1v) is 9.41. The van der Waals surface area contributed by atoms with Crippen molar-refractivity contribution in [3.8, 4) is 0 Å².